The van der Waals surface area contributed by atoms with Gasteiger partial charge in [-0.25, -0.2) is 0 Å². The number of benzene rings is 2. The third-order valence-electron chi connectivity index (χ3n) is 3.87. The summed E-state index contributed by atoms with van der Waals surface area (Å²) in [4.78, 5) is 10.1. The van der Waals surface area contributed by atoms with Gasteiger partial charge in [-0.05, 0) is 30.2 Å². The minimum absolute atomic E-state index is 0.0627. The second-order valence-electron chi connectivity index (χ2n) is 6.13. The SMILES string of the molecule is CC(NC[C@H](O)CP(=O)(O)Cc1ccccc1)c1ccc(Cl)c(Cl)c1. The Bertz CT molecular complexity index is 742. The summed E-state index contributed by atoms with van der Waals surface area (Å²) in [6, 6.07) is 14.4. The van der Waals surface area contributed by atoms with Gasteiger partial charge in [0.05, 0.1) is 22.3 Å². The molecule has 2 aromatic carbocycles. The lowest BCUT2D eigenvalue weighted by Crippen LogP contribution is -2.31. The molecule has 0 heterocycles. The smallest absolute Gasteiger partial charge is 0.207 e. The zero-order chi connectivity index (χ0) is 18.4. The molecule has 0 amide bonds. The number of rotatable bonds is 8. The molecular weight excluding hydrogens is 380 g/mol. The fourth-order valence-electron chi connectivity index (χ4n) is 2.54. The second kappa shape index (κ2) is 9.18. The van der Waals surface area contributed by atoms with Crippen LogP contribution in [0.2, 0.25) is 10.0 Å². The molecule has 136 valence electrons. The summed E-state index contributed by atoms with van der Waals surface area (Å²) in [5.41, 5.74) is 1.72. The lowest BCUT2D eigenvalue weighted by molar-refractivity contribution is 0.186. The second-order valence-corrected chi connectivity index (χ2v) is 9.32. The summed E-state index contributed by atoms with van der Waals surface area (Å²) < 4.78 is 12.3. The molecule has 2 aromatic rings. The lowest BCUT2D eigenvalue weighted by atomic mass is 10.1. The molecule has 3 N–H and O–H groups in total. The van der Waals surface area contributed by atoms with Gasteiger partial charge in [-0.3, -0.25) is 4.57 Å². The molecule has 0 fully saturated rings. The first-order valence-electron chi connectivity index (χ1n) is 7.98. The van der Waals surface area contributed by atoms with Gasteiger partial charge in [0.2, 0.25) is 7.37 Å². The highest BCUT2D eigenvalue weighted by molar-refractivity contribution is 7.57. The number of halogens is 2. The maximum Gasteiger partial charge on any atom is 0.207 e. The Morgan fingerprint density at radius 1 is 1.12 bits per heavy atom. The first kappa shape index (κ1) is 20.4. The van der Waals surface area contributed by atoms with Crippen molar-refractivity contribution in [3.05, 3.63) is 69.7 Å². The Morgan fingerprint density at radius 2 is 1.80 bits per heavy atom. The van der Waals surface area contributed by atoms with Crippen molar-refractivity contribution in [1.29, 1.82) is 0 Å². The van der Waals surface area contributed by atoms with Crippen molar-refractivity contribution in [1.82, 2.24) is 5.32 Å². The minimum Gasteiger partial charge on any atom is -0.391 e. The quantitative estimate of drug-likeness (QED) is 0.570. The summed E-state index contributed by atoms with van der Waals surface area (Å²) in [6.45, 7) is 2.13. The van der Waals surface area contributed by atoms with Crippen LogP contribution in [0.15, 0.2) is 48.5 Å². The van der Waals surface area contributed by atoms with Crippen LogP contribution >= 0.6 is 30.6 Å². The molecule has 0 aromatic heterocycles. The van der Waals surface area contributed by atoms with Gasteiger partial charge in [0.25, 0.3) is 0 Å². The van der Waals surface area contributed by atoms with Crippen molar-refractivity contribution in [2.45, 2.75) is 25.2 Å². The average molecular weight is 402 g/mol. The Labute approximate surface area is 158 Å². The molecule has 0 aliphatic rings. The highest BCUT2D eigenvalue weighted by atomic mass is 35.5. The minimum atomic E-state index is -3.45. The maximum atomic E-state index is 12.3. The zero-order valence-electron chi connectivity index (χ0n) is 13.9. The lowest BCUT2D eigenvalue weighted by Gasteiger charge is -2.20. The van der Waals surface area contributed by atoms with E-state index in [-0.39, 0.29) is 24.9 Å². The molecule has 3 atom stereocenters. The van der Waals surface area contributed by atoms with Crippen LogP contribution in [-0.2, 0) is 10.7 Å². The molecule has 2 unspecified atom stereocenters. The van der Waals surface area contributed by atoms with Gasteiger partial charge in [0.15, 0.2) is 0 Å². The van der Waals surface area contributed by atoms with Crippen molar-refractivity contribution in [3.63, 3.8) is 0 Å². The maximum absolute atomic E-state index is 12.3. The molecule has 0 saturated heterocycles. The van der Waals surface area contributed by atoms with Crippen LogP contribution < -0.4 is 5.32 Å². The van der Waals surface area contributed by atoms with Gasteiger partial charge in [-0.15, -0.1) is 0 Å². The molecule has 0 bridgehead atoms. The van der Waals surface area contributed by atoms with E-state index < -0.39 is 13.5 Å². The molecule has 0 aliphatic carbocycles. The van der Waals surface area contributed by atoms with Crippen molar-refractivity contribution in [2.75, 3.05) is 12.7 Å². The predicted octanol–water partition coefficient (Wildman–Crippen LogP) is 4.48. The van der Waals surface area contributed by atoms with Crippen molar-refractivity contribution >= 4 is 30.6 Å². The number of hydrogen-bond acceptors (Lipinski definition) is 3. The molecule has 0 radical (unpaired) electrons. The van der Waals surface area contributed by atoms with E-state index in [1.807, 2.05) is 31.2 Å². The zero-order valence-corrected chi connectivity index (χ0v) is 16.3. The van der Waals surface area contributed by atoms with E-state index in [4.69, 9.17) is 23.2 Å². The Morgan fingerprint density at radius 3 is 2.44 bits per heavy atom. The molecule has 25 heavy (non-hydrogen) atoms. The Hall–Kier alpha value is -0.870. The van der Waals surface area contributed by atoms with E-state index >= 15 is 0 Å². The molecular formula is C18H22Cl2NO3P. The monoisotopic (exact) mass is 401 g/mol. The Kier molecular flexibility index (Phi) is 7.51. The van der Waals surface area contributed by atoms with Crippen LogP contribution in [0.25, 0.3) is 0 Å². The van der Waals surface area contributed by atoms with Gasteiger partial charge < -0.3 is 15.3 Å². The molecule has 4 nitrogen and oxygen atoms in total. The molecule has 0 aliphatic heterocycles. The standard InChI is InChI=1S/C18H22Cl2NO3P/c1-13(15-7-8-17(19)18(20)9-15)21-10-16(22)12-25(23,24)11-14-5-3-2-4-6-14/h2-9,13,16,21-22H,10-12H2,1H3,(H,23,24)/t13?,16-/m0/s1. The van der Waals surface area contributed by atoms with Crippen molar-refractivity contribution in [2.24, 2.45) is 0 Å². The summed E-state index contributed by atoms with van der Waals surface area (Å²) in [6.07, 6.45) is -0.999. The third-order valence-corrected chi connectivity index (χ3v) is 6.46. The molecule has 0 saturated carbocycles. The first-order valence-corrected chi connectivity index (χ1v) is 10.8. The largest absolute Gasteiger partial charge is 0.391 e. The van der Waals surface area contributed by atoms with Crippen LogP contribution in [0.5, 0.6) is 0 Å². The molecule has 7 heteroatoms. The van der Waals surface area contributed by atoms with Gasteiger partial charge in [-0.2, -0.15) is 0 Å². The number of aliphatic hydroxyl groups excluding tert-OH is 1. The number of nitrogens with one attached hydrogen (secondary N) is 1. The van der Waals surface area contributed by atoms with Gasteiger partial charge in [-0.1, -0.05) is 59.6 Å². The van der Waals surface area contributed by atoms with Gasteiger partial charge in [0, 0.05) is 18.7 Å². The van der Waals surface area contributed by atoms with E-state index in [0.717, 1.165) is 11.1 Å². The summed E-state index contributed by atoms with van der Waals surface area (Å²) in [5, 5.41) is 14.2. The Balaban J connectivity index is 1.85. The van der Waals surface area contributed by atoms with Crippen LogP contribution in [0.3, 0.4) is 0 Å². The van der Waals surface area contributed by atoms with E-state index in [0.29, 0.717) is 10.0 Å². The highest BCUT2D eigenvalue weighted by Gasteiger charge is 2.23. The predicted molar refractivity (Wildman–Crippen MR) is 104 cm³/mol. The van der Waals surface area contributed by atoms with E-state index in [2.05, 4.69) is 5.32 Å². The topological polar surface area (TPSA) is 69.6 Å². The van der Waals surface area contributed by atoms with E-state index in [1.165, 1.54) is 0 Å². The summed E-state index contributed by atoms with van der Waals surface area (Å²) >= 11 is 11.9. The average Bonchev–Trinajstić information content (AvgIpc) is 2.55. The van der Waals surface area contributed by atoms with Crippen LogP contribution in [0, 0.1) is 0 Å². The highest BCUT2D eigenvalue weighted by Crippen LogP contribution is 2.44. The van der Waals surface area contributed by atoms with E-state index in [9.17, 15) is 14.6 Å². The number of aliphatic hydroxyl groups is 1. The normalized spacial score (nSPS) is 16.2. The van der Waals surface area contributed by atoms with Crippen molar-refractivity contribution in [3.8, 4) is 0 Å². The van der Waals surface area contributed by atoms with Gasteiger partial charge >= 0.3 is 0 Å². The van der Waals surface area contributed by atoms with Crippen LogP contribution in [0.1, 0.15) is 24.1 Å². The van der Waals surface area contributed by atoms with Crippen molar-refractivity contribution < 1.29 is 14.6 Å². The van der Waals surface area contributed by atoms with Crippen LogP contribution in [0.4, 0.5) is 0 Å². The van der Waals surface area contributed by atoms with Crippen LogP contribution in [-0.4, -0.2) is 28.8 Å². The number of hydrogen-bond donors (Lipinski definition) is 3. The first-order chi connectivity index (χ1) is 11.8. The third kappa shape index (κ3) is 6.74. The molecule has 2 rings (SSSR count). The summed E-state index contributed by atoms with van der Waals surface area (Å²) in [5.74, 6) is 0. The van der Waals surface area contributed by atoms with E-state index in [1.54, 1.807) is 24.3 Å². The fourth-order valence-corrected chi connectivity index (χ4v) is 4.54. The molecule has 0 spiro atoms. The van der Waals surface area contributed by atoms with Gasteiger partial charge in [0.1, 0.15) is 0 Å². The fraction of sp³-hybridized carbons (Fsp3) is 0.333. The summed E-state index contributed by atoms with van der Waals surface area (Å²) in [7, 11) is -3.45.